The van der Waals surface area contributed by atoms with Crippen LogP contribution in [0.2, 0.25) is 5.02 Å². The maximum Gasteiger partial charge on any atom is 0.251 e. The van der Waals surface area contributed by atoms with Crippen LogP contribution in [0.4, 0.5) is 31.9 Å². The van der Waals surface area contributed by atoms with Gasteiger partial charge in [0.2, 0.25) is 11.9 Å². The van der Waals surface area contributed by atoms with Crippen molar-refractivity contribution in [1.29, 1.82) is 10.5 Å². The first kappa shape index (κ1) is 33.6. The molecular formula is C33H34ClF2N11O2. The van der Waals surface area contributed by atoms with Gasteiger partial charge in [0, 0.05) is 46.3 Å². The molecule has 49 heavy (non-hydrogen) atoms. The zero-order chi connectivity index (χ0) is 34.8. The van der Waals surface area contributed by atoms with Crippen LogP contribution in [-0.2, 0) is 11.3 Å². The number of benzene rings is 2. The van der Waals surface area contributed by atoms with Gasteiger partial charge in [-0.1, -0.05) is 23.7 Å². The molecule has 1 atom stereocenters. The smallest absolute Gasteiger partial charge is 0.251 e. The van der Waals surface area contributed by atoms with E-state index in [2.05, 4.69) is 32.4 Å². The van der Waals surface area contributed by atoms with Gasteiger partial charge in [-0.2, -0.15) is 20.0 Å². The summed E-state index contributed by atoms with van der Waals surface area (Å²) in [5, 5.41) is 27.8. The molecule has 0 radical (unpaired) electrons. The minimum Gasteiger partial charge on any atom is -0.497 e. The fraction of sp³-hybridized carbons (Fsp3) is 0.394. The molecule has 2 fully saturated rings. The van der Waals surface area contributed by atoms with E-state index in [1.165, 1.54) is 20.5 Å². The third-order valence-electron chi connectivity index (χ3n) is 8.59. The van der Waals surface area contributed by atoms with Crippen LogP contribution in [0.5, 0.6) is 5.75 Å². The maximum atomic E-state index is 13.4. The molecule has 6 rings (SSSR count). The number of amides is 1. The number of nitrogens with one attached hydrogen (secondary N) is 1. The maximum absolute atomic E-state index is 13.4. The molecule has 254 valence electrons. The fourth-order valence-corrected chi connectivity index (χ4v) is 6.24. The monoisotopic (exact) mass is 689 g/mol. The van der Waals surface area contributed by atoms with E-state index in [0.717, 1.165) is 24.2 Å². The van der Waals surface area contributed by atoms with E-state index >= 15 is 0 Å². The number of hydrogen-bond donors (Lipinski definition) is 1. The summed E-state index contributed by atoms with van der Waals surface area (Å²) in [7, 11) is 4.78. The lowest BCUT2D eigenvalue weighted by Gasteiger charge is -2.42. The van der Waals surface area contributed by atoms with Crippen LogP contribution in [0, 0.1) is 22.7 Å². The lowest BCUT2D eigenvalue weighted by Crippen LogP contribution is -2.59. The minimum atomic E-state index is -2.60. The first-order valence-electron chi connectivity index (χ1n) is 15.6. The number of carbonyl (C=O) groups is 1. The molecule has 2 aromatic heterocycles. The van der Waals surface area contributed by atoms with Crippen molar-refractivity contribution < 1.29 is 18.3 Å². The first-order valence-corrected chi connectivity index (χ1v) is 16.0. The molecule has 1 unspecified atom stereocenters. The number of nitrogens with zero attached hydrogens (tertiary/aromatic N) is 10. The Labute approximate surface area is 286 Å². The molecule has 0 spiro atoms. The zero-order valence-electron chi connectivity index (χ0n) is 27.1. The number of ether oxygens (including phenoxy) is 1. The first-order chi connectivity index (χ1) is 23.6. The molecule has 13 nitrogen and oxygen atoms in total. The molecule has 2 aromatic carbocycles. The Hall–Kier alpha value is -5.25. The highest BCUT2D eigenvalue weighted by Crippen LogP contribution is 2.38. The van der Waals surface area contributed by atoms with Gasteiger partial charge in [0.1, 0.15) is 17.9 Å². The van der Waals surface area contributed by atoms with Crippen molar-refractivity contribution in [3.05, 3.63) is 64.4 Å². The second-order valence-electron chi connectivity index (χ2n) is 12.1. The van der Waals surface area contributed by atoms with Crippen LogP contribution >= 0.6 is 11.6 Å². The zero-order valence-corrected chi connectivity index (χ0v) is 27.9. The lowest BCUT2D eigenvalue weighted by molar-refractivity contribution is -0.135. The summed E-state index contributed by atoms with van der Waals surface area (Å²) in [6.45, 7) is 0.568. The number of likely N-dealkylation sites (N-methyl/N-ethyl adjacent to an activating group) is 1. The van der Waals surface area contributed by atoms with E-state index in [4.69, 9.17) is 21.3 Å². The number of nitriles is 2. The van der Waals surface area contributed by atoms with Crippen LogP contribution in [0.1, 0.15) is 29.7 Å². The summed E-state index contributed by atoms with van der Waals surface area (Å²) in [5.41, 5.74) is 2.69. The van der Waals surface area contributed by atoms with E-state index < -0.39 is 19.0 Å². The van der Waals surface area contributed by atoms with Gasteiger partial charge in [-0.3, -0.25) is 9.69 Å². The summed E-state index contributed by atoms with van der Waals surface area (Å²) < 4.78 is 33.5. The summed E-state index contributed by atoms with van der Waals surface area (Å²) in [4.78, 5) is 29.2. The van der Waals surface area contributed by atoms with Crippen molar-refractivity contribution in [3.8, 4) is 17.9 Å². The number of imidazole rings is 1. The SMILES string of the molecule is COc1ccc(CN(c2nc(Nc3cc(C#N)cc(N4CCN(CC(F)F)C(C(=O)N(C)C)C4)c3Cl)nn3c(C#N)cnc23)C2CC2)cc1. The number of methoxy groups -OCH3 is 1. The van der Waals surface area contributed by atoms with Gasteiger partial charge in [0.15, 0.2) is 17.2 Å². The standard InChI is InChI=1S/C33H34ClF2N11O2/c1-43(2)32(48)27-18-44(10-11-45(27)19-28(35)36)26-13-21(14-37)12-25(29(26)34)40-33-41-31(30-39-16-23(15-38)47(30)42-33)46(22-6-7-22)17-20-4-8-24(49-3)9-5-20/h4-5,8-9,12-13,16,22,27-28H,6-7,10-11,17-19H2,1-3H3,(H,40,42). The molecular weight excluding hydrogens is 656 g/mol. The number of rotatable bonds is 11. The van der Waals surface area contributed by atoms with Crippen molar-refractivity contribution in [2.75, 3.05) is 62.5 Å². The average molecular weight is 690 g/mol. The van der Waals surface area contributed by atoms with E-state index in [9.17, 15) is 24.1 Å². The van der Waals surface area contributed by atoms with Gasteiger partial charge in [-0.15, -0.1) is 5.10 Å². The van der Waals surface area contributed by atoms with Gasteiger partial charge in [0.05, 0.1) is 47.9 Å². The molecule has 1 saturated carbocycles. The van der Waals surface area contributed by atoms with Crippen molar-refractivity contribution in [3.63, 3.8) is 0 Å². The highest BCUT2D eigenvalue weighted by molar-refractivity contribution is 6.36. The van der Waals surface area contributed by atoms with Crippen molar-refractivity contribution in [1.82, 2.24) is 29.4 Å². The normalized spacial score (nSPS) is 16.3. The highest BCUT2D eigenvalue weighted by Gasteiger charge is 2.36. The number of carbonyl (C=O) groups excluding carboxylic acids is 1. The predicted molar refractivity (Wildman–Crippen MR) is 179 cm³/mol. The summed E-state index contributed by atoms with van der Waals surface area (Å²) in [6.07, 6.45) is 0.761. The Balaban J connectivity index is 1.36. The predicted octanol–water partition coefficient (Wildman–Crippen LogP) is 4.29. The number of fused-ring (bicyclic) bond motifs is 1. The topological polar surface area (TPSA) is 142 Å². The Morgan fingerprint density at radius 2 is 1.92 bits per heavy atom. The van der Waals surface area contributed by atoms with E-state index in [-0.39, 0.29) is 47.3 Å². The van der Waals surface area contributed by atoms with Crippen molar-refractivity contribution in [2.45, 2.75) is 37.9 Å². The third kappa shape index (κ3) is 7.13. The summed E-state index contributed by atoms with van der Waals surface area (Å²) >= 11 is 6.99. The Morgan fingerprint density at radius 3 is 2.55 bits per heavy atom. The molecule has 2 aliphatic rings. The number of aromatic nitrogens is 4. The van der Waals surface area contributed by atoms with Crippen LogP contribution in [0.15, 0.2) is 42.6 Å². The van der Waals surface area contributed by atoms with E-state index in [0.29, 0.717) is 35.9 Å². The Kier molecular flexibility index (Phi) is 9.67. The molecule has 1 saturated heterocycles. The molecule has 3 heterocycles. The quantitative estimate of drug-likeness (QED) is 0.241. The number of piperazine rings is 1. The largest absolute Gasteiger partial charge is 0.497 e. The fourth-order valence-electron chi connectivity index (χ4n) is 5.96. The molecule has 0 bridgehead atoms. The van der Waals surface area contributed by atoms with Gasteiger partial charge >= 0.3 is 0 Å². The minimum absolute atomic E-state index is 0.0899. The van der Waals surface area contributed by atoms with Gasteiger partial charge in [-0.25, -0.2) is 13.8 Å². The molecule has 16 heteroatoms. The second kappa shape index (κ2) is 14.1. The number of alkyl halides is 2. The molecule has 1 aliphatic heterocycles. The number of anilines is 4. The average Bonchev–Trinajstić information content (AvgIpc) is 3.86. The van der Waals surface area contributed by atoms with Crippen molar-refractivity contribution >= 4 is 46.3 Å². The molecule has 4 aromatic rings. The van der Waals surface area contributed by atoms with Crippen LogP contribution < -0.4 is 19.9 Å². The van der Waals surface area contributed by atoms with Crippen LogP contribution in [0.25, 0.3) is 5.65 Å². The lowest BCUT2D eigenvalue weighted by atomic mass is 10.1. The van der Waals surface area contributed by atoms with E-state index in [1.807, 2.05) is 29.2 Å². The molecule has 1 amide bonds. The number of halogens is 3. The van der Waals surface area contributed by atoms with Crippen LogP contribution in [0.3, 0.4) is 0 Å². The Bertz CT molecular complexity index is 1940. The van der Waals surface area contributed by atoms with Crippen molar-refractivity contribution in [2.24, 2.45) is 0 Å². The summed E-state index contributed by atoms with van der Waals surface area (Å²) in [6, 6.07) is 14.6. The van der Waals surface area contributed by atoms with E-state index in [1.54, 1.807) is 33.3 Å². The third-order valence-corrected chi connectivity index (χ3v) is 8.99. The molecule has 1 aliphatic carbocycles. The number of hydrogen-bond acceptors (Lipinski definition) is 11. The van der Waals surface area contributed by atoms with Crippen LogP contribution in [-0.4, -0.2) is 101 Å². The second-order valence-corrected chi connectivity index (χ2v) is 12.5. The van der Waals surface area contributed by atoms with Gasteiger partial charge in [-0.05, 0) is 42.7 Å². The summed E-state index contributed by atoms with van der Waals surface area (Å²) in [5.74, 6) is 1.07. The molecule has 1 N–H and O–H groups in total. The van der Waals surface area contributed by atoms with Gasteiger partial charge in [0.25, 0.3) is 6.43 Å². The highest BCUT2D eigenvalue weighted by atomic mass is 35.5. The Morgan fingerprint density at radius 1 is 1.16 bits per heavy atom. The van der Waals surface area contributed by atoms with Gasteiger partial charge < -0.3 is 24.8 Å².